The van der Waals surface area contributed by atoms with Gasteiger partial charge in [0.25, 0.3) is 0 Å². The van der Waals surface area contributed by atoms with E-state index in [-0.39, 0.29) is 11.9 Å². The van der Waals surface area contributed by atoms with E-state index in [1.807, 2.05) is 0 Å². The number of esters is 2. The van der Waals surface area contributed by atoms with Crippen molar-refractivity contribution in [2.75, 3.05) is 24.7 Å². The summed E-state index contributed by atoms with van der Waals surface area (Å²) in [6.45, 7) is 5.70. The summed E-state index contributed by atoms with van der Waals surface area (Å²) in [6.07, 6.45) is 64.6. The van der Waals surface area contributed by atoms with Crippen molar-refractivity contribution in [3.8, 4) is 0 Å². The van der Waals surface area contributed by atoms with Gasteiger partial charge in [0.1, 0.15) is 0 Å². The largest absolute Gasteiger partial charge is 0.466 e. The Bertz CT molecular complexity index is 767. The lowest BCUT2D eigenvalue weighted by molar-refractivity contribution is -0.144. The summed E-state index contributed by atoms with van der Waals surface area (Å²) in [4.78, 5) is 24.1. The highest BCUT2D eigenvalue weighted by Gasteiger charge is 2.06. The summed E-state index contributed by atoms with van der Waals surface area (Å²) in [7, 11) is 0. The third kappa shape index (κ3) is 55.4. The first-order chi connectivity index (χ1) is 30.2. The van der Waals surface area contributed by atoms with Crippen LogP contribution in [0.3, 0.4) is 0 Å². The Morgan fingerprint density at radius 2 is 0.426 bits per heavy atom. The highest BCUT2D eigenvalue weighted by Crippen LogP contribution is 2.18. The van der Waals surface area contributed by atoms with Gasteiger partial charge < -0.3 is 9.47 Å². The van der Waals surface area contributed by atoms with E-state index in [0.717, 1.165) is 25.7 Å². The molecule has 0 fully saturated rings. The molecule has 0 aliphatic carbocycles. The van der Waals surface area contributed by atoms with Crippen LogP contribution in [0.1, 0.15) is 322 Å². The maximum Gasteiger partial charge on any atom is 0.306 e. The van der Waals surface area contributed by atoms with Crippen molar-refractivity contribution in [1.82, 2.24) is 0 Å². The van der Waals surface area contributed by atoms with Gasteiger partial charge in [0.2, 0.25) is 0 Å². The summed E-state index contributed by atoms with van der Waals surface area (Å²) >= 11 is 1.65. The maximum absolute atomic E-state index is 12.1. The number of thioether (sulfide) groups is 1. The summed E-state index contributed by atoms with van der Waals surface area (Å²) in [5.74, 6) is 1.22. The molecule has 0 aromatic rings. The average Bonchev–Trinajstić information content (AvgIpc) is 3.26. The van der Waals surface area contributed by atoms with Crippen LogP contribution >= 0.6 is 11.8 Å². The van der Waals surface area contributed by atoms with E-state index in [1.165, 1.54) is 270 Å². The molecule has 0 bridgehead atoms. The van der Waals surface area contributed by atoms with Gasteiger partial charge in [-0.15, -0.1) is 0 Å². The zero-order valence-electron chi connectivity index (χ0n) is 41.8. The standard InChI is InChI=1S/C56H110O4S/c1-3-5-7-9-11-13-15-17-19-21-23-25-27-29-31-33-35-37-39-41-43-45-47-51-59-55(57)49-53-61-54-50-56(58)60-52-48-46-44-42-40-38-36-34-32-30-28-26-24-22-20-18-16-14-12-10-8-6-4-2/h3-54H2,1-2H3. The second-order valence-corrected chi connectivity index (χ2v) is 20.3. The smallest absolute Gasteiger partial charge is 0.306 e. The van der Waals surface area contributed by atoms with E-state index in [0.29, 0.717) is 37.6 Å². The van der Waals surface area contributed by atoms with Crippen LogP contribution in [-0.4, -0.2) is 36.7 Å². The Labute approximate surface area is 387 Å². The van der Waals surface area contributed by atoms with Crippen molar-refractivity contribution in [2.45, 2.75) is 322 Å². The van der Waals surface area contributed by atoms with Crippen LogP contribution in [0.2, 0.25) is 0 Å². The second-order valence-electron chi connectivity index (χ2n) is 19.1. The SMILES string of the molecule is CCCCCCCCCCCCCCCCCCCCCCCCCOC(=O)CCSCCC(=O)OCCCCCCCCCCCCCCCCCCCCCCCCC. The number of unbranched alkanes of at least 4 members (excludes halogenated alkanes) is 44. The molecule has 0 spiro atoms. The van der Waals surface area contributed by atoms with Gasteiger partial charge in [-0.1, -0.05) is 296 Å². The van der Waals surface area contributed by atoms with Crippen molar-refractivity contribution in [3.05, 3.63) is 0 Å². The highest BCUT2D eigenvalue weighted by atomic mass is 32.2. The molecule has 0 rings (SSSR count). The van der Waals surface area contributed by atoms with Crippen molar-refractivity contribution in [3.63, 3.8) is 0 Å². The average molecular weight is 880 g/mol. The van der Waals surface area contributed by atoms with E-state index in [1.54, 1.807) is 11.8 Å². The summed E-state index contributed by atoms with van der Waals surface area (Å²) in [6, 6.07) is 0. The summed E-state index contributed by atoms with van der Waals surface area (Å²) in [5, 5.41) is 0. The van der Waals surface area contributed by atoms with E-state index >= 15 is 0 Å². The quantitative estimate of drug-likeness (QED) is 0.0450. The van der Waals surface area contributed by atoms with Gasteiger partial charge in [-0.3, -0.25) is 9.59 Å². The molecule has 0 amide bonds. The molecule has 0 radical (unpaired) electrons. The van der Waals surface area contributed by atoms with Gasteiger partial charge in [0.15, 0.2) is 0 Å². The van der Waals surface area contributed by atoms with Crippen molar-refractivity contribution in [2.24, 2.45) is 0 Å². The van der Waals surface area contributed by atoms with Crippen molar-refractivity contribution >= 4 is 23.7 Å². The van der Waals surface area contributed by atoms with Crippen LogP contribution in [0.4, 0.5) is 0 Å². The van der Waals surface area contributed by atoms with Gasteiger partial charge in [-0.05, 0) is 12.8 Å². The van der Waals surface area contributed by atoms with E-state index in [2.05, 4.69) is 13.8 Å². The third-order valence-electron chi connectivity index (χ3n) is 12.9. The second kappa shape index (κ2) is 55.4. The van der Waals surface area contributed by atoms with Crippen LogP contribution in [0.15, 0.2) is 0 Å². The number of hydrogen-bond donors (Lipinski definition) is 0. The van der Waals surface area contributed by atoms with Gasteiger partial charge in [-0.2, -0.15) is 11.8 Å². The third-order valence-corrected chi connectivity index (χ3v) is 13.9. The lowest BCUT2D eigenvalue weighted by atomic mass is 10.0. The molecule has 0 atom stereocenters. The normalized spacial score (nSPS) is 11.4. The topological polar surface area (TPSA) is 52.6 Å². The fraction of sp³-hybridized carbons (Fsp3) is 0.964. The van der Waals surface area contributed by atoms with Crippen molar-refractivity contribution < 1.29 is 19.1 Å². The predicted octanol–water partition coefficient (Wildman–Crippen LogP) is 19.6. The molecule has 0 aromatic heterocycles. The van der Waals surface area contributed by atoms with Gasteiger partial charge in [0.05, 0.1) is 26.1 Å². The van der Waals surface area contributed by atoms with Gasteiger partial charge in [-0.25, -0.2) is 0 Å². The molecule has 0 aliphatic rings. The molecule has 0 aromatic carbocycles. The van der Waals surface area contributed by atoms with Gasteiger partial charge in [0, 0.05) is 11.5 Å². The minimum atomic E-state index is -0.103. The fourth-order valence-electron chi connectivity index (χ4n) is 8.70. The van der Waals surface area contributed by atoms with E-state index < -0.39 is 0 Å². The molecule has 5 heteroatoms. The monoisotopic (exact) mass is 879 g/mol. The Balaban J connectivity index is 3.22. The van der Waals surface area contributed by atoms with Crippen LogP contribution in [0.25, 0.3) is 0 Å². The molecular formula is C56H110O4S. The molecule has 0 unspecified atom stereocenters. The molecule has 0 saturated heterocycles. The van der Waals surface area contributed by atoms with E-state index in [9.17, 15) is 9.59 Å². The van der Waals surface area contributed by atoms with Gasteiger partial charge >= 0.3 is 11.9 Å². The maximum atomic E-state index is 12.1. The van der Waals surface area contributed by atoms with E-state index in [4.69, 9.17) is 9.47 Å². The van der Waals surface area contributed by atoms with Crippen molar-refractivity contribution in [1.29, 1.82) is 0 Å². The molecule has 0 heterocycles. The lowest BCUT2D eigenvalue weighted by Crippen LogP contribution is -2.09. The molecule has 0 saturated carbocycles. The molecule has 4 nitrogen and oxygen atoms in total. The summed E-state index contributed by atoms with van der Waals surface area (Å²) < 4.78 is 10.9. The first kappa shape index (κ1) is 60.3. The number of carbonyl (C=O) groups excluding carboxylic acids is 2. The Hall–Kier alpha value is -0.710. The minimum absolute atomic E-state index is 0.103. The lowest BCUT2D eigenvalue weighted by Gasteiger charge is -2.06. The number of hydrogen-bond acceptors (Lipinski definition) is 5. The predicted molar refractivity (Wildman–Crippen MR) is 272 cm³/mol. The molecule has 61 heavy (non-hydrogen) atoms. The zero-order valence-corrected chi connectivity index (χ0v) is 42.6. The van der Waals surface area contributed by atoms with Crippen LogP contribution in [0, 0.1) is 0 Å². The number of rotatable bonds is 54. The Morgan fingerprint density at radius 1 is 0.262 bits per heavy atom. The van der Waals surface area contributed by atoms with Crippen LogP contribution in [0.5, 0.6) is 0 Å². The van der Waals surface area contributed by atoms with Crippen LogP contribution < -0.4 is 0 Å². The number of carbonyl (C=O) groups is 2. The summed E-state index contributed by atoms with van der Waals surface area (Å²) in [5.41, 5.74) is 0. The van der Waals surface area contributed by atoms with Crippen LogP contribution in [-0.2, 0) is 19.1 Å². The molecule has 0 N–H and O–H groups in total. The molecular weight excluding hydrogens is 769 g/mol. The highest BCUT2D eigenvalue weighted by molar-refractivity contribution is 7.99. The number of ether oxygens (including phenoxy) is 2. The fourth-order valence-corrected chi connectivity index (χ4v) is 9.53. The Morgan fingerprint density at radius 3 is 0.607 bits per heavy atom. The first-order valence-electron chi connectivity index (χ1n) is 28.1. The minimum Gasteiger partial charge on any atom is -0.466 e. The molecule has 364 valence electrons. The zero-order chi connectivity index (χ0) is 44.0. The molecule has 0 aliphatic heterocycles. The Kier molecular flexibility index (Phi) is 54.8. The first-order valence-corrected chi connectivity index (χ1v) is 29.2.